The van der Waals surface area contributed by atoms with Gasteiger partial charge in [-0.05, 0) is 25.0 Å². The molecule has 1 aromatic carbocycles. The number of urea groups is 1. The van der Waals surface area contributed by atoms with Gasteiger partial charge in [0.15, 0.2) is 0 Å². The number of fused-ring (bicyclic) bond motifs is 2. The van der Waals surface area contributed by atoms with Crippen molar-refractivity contribution in [3.8, 4) is 0 Å². The first kappa shape index (κ1) is 13.6. The standard InChI is InChI=1S/C15H16N2O4/c18-13(19)8-11-6-7-12-9-16(11)15(21)17(12)14(20)10-4-2-1-3-5-10/h1-5,11-12H,6-9H2,(H,18,19)/t11?,12-/m1/s1. The van der Waals surface area contributed by atoms with Crippen LogP contribution in [0.15, 0.2) is 30.3 Å². The van der Waals surface area contributed by atoms with Crippen LogP contribution in [0.4, 0.5) is 4.79 Å². The Kier molecular flexibility index (Phi) is 3.37. The number of nitrogens with zero attached hydrogens (tertiary/aromatic N) is 2. The van der Waals surface area contributed by atoms with Crippen molar-refractivity contribution in [2.24, 2.45) is 0 Å². The molecule has 6 heteroatoms. The van der Waals surface area contributed by atoms with Crippen molar-refractivity contribution in [3.05, 3.63) is 35.9 Å². The Hall–Kier alpha value is -2.37. The second kappa shape index (κ2) is 5.20. The van der Waals surface area contributed by atoms with Crippen LogP contribution in [0.2, 0.25) is 0 Å². The third-order valence-corrected chi connectivity index (χ3v) is 4.15. The highest BCUT2D eigenvalue weighted by Gasteiger charge is 2.47. The average molecular weight is 288 g/mol. The molecule has 1 N–H and O–H groups in total. The predicted molar refractivity (Wildman–Crippen MR) is 73.8 cm³/mol. The zero-order chi connectivity index (χ0) is 15.0. The van der Waals surface area contributed by atoms with E-state index in [-0.39, 0.29) is 30.4 Å². The number of hydrogen-bond acceptors (Lipinski definition) is 3. The maximum Gasteiger partial charge on any atom is 0.327 e. The number of aliphatic carboxylic acids is 1. The van der Waals surface area contributed by atoms with E-state index in [1.165, 1.54) is 9.80 Å². The van der Waals surface area contributed by atoms with E-state index < -0.39 is 5.97 Å². The number of carbonyl (C=O) groups excluding carboxylic acids is 2. The summed E-state index contributed by atoms with van der Waals surface area (Å²) in [7, 11) is 0. The number of rotatable bonds is 3. The lowest BCUT2D eigenvalue weighted by Crippen LogP contribution is -2.41. The van der Waals surface area contributed by atoms with Crippen LogP contribution in [-0.2, 0) is 4.79 Å². The van der Waals surface area contributed by atoms with Gasteiger partial charge in [0.25, 0.3) is 5.91 Å². The van der Waals surface area contributed by atoms with Crippen molar-refractivity contribution in [2.45, 2.75) is 31.3 Å². The highest BCUT2D eigenvalue weighted by atomic mass is 16.4. The van der Waals surface area contributed by atoms with Crippen molar-refractivity contribution in [1.29, 1.82) is 0 Å². The summed E-state index contributed by atoms with van der Waals surface area (Å²) in [5.41, 5.74) is 0.481. The average Bonchev–Trinajstić information content (AvgIpc) is 2.74. The van der Waals surface area contributed by atoms with E-state index >= 15 is 0 Å². The van der Waals surface area contributed by atoms with Gasteiger partial charge in [0.2, 0.25) is 0 Å². The van der Waals surface area contributed by atoms with E-state index in [2.05, 4.69) is 0 Å². The lowest BCUT2D eigenvalue weighted by atomic mass is 9.98. The number of benzene rings is 1. The minimum Gasteiger partial charge on any atom is -0.481 e. The highest BCUT2D eigenvalue weighted by molar-refractivity contribution is 6.05. The lowest BCUT2D eigenvalue weighted by Gasteiger charge is -2.29. The fraction of sp³-hybridized carbons (Fsp3) is 0.400. The Bertz CT molecular complexity index is 587. The van der Waals surface area contributed by atoms with Gasteiger partial charge < -0.3 is 10.0 Å². The molecule has 2 atom stereocenters. The van der Waals surface area contributed by atoms with E-state index in [4.69, 9.17) is 5.11 Å². The maximum atomic E-state index is 12.5. The molecule has 1 unspecified atom stereocenters. The SMILES string of the molecule is O=C(O)CC1CC[C@@H]2CN1C(=O)N2C(=O)c1ccccc1. The molecule has 2 heterocycles. The van der Waals surface area contributed by atoms with Gasteiger partial charge in [-0.1, -0.05) is 18.2 Å². The number of amides is 3. The summed E-state index contributed by atoms with van der Waals surface area (Å²) in [4.78, 5) is 38.6. The van der Waals surface area contributed by atoms with E-state index in [1.54, 1.807) is 24.3 Å². The Morgan fingerprint density at radius 2 is 1.90 bits per heavy atom. The topological polar surface area (TPSA) is 77.9 Å². The molecule has 1 aromatic rings. The van der Waals surface area contributed by atoms with Crippen LogP contribution in [-0.4, -0.2) is 51.4 Å². The summed E-state index contributed by atoms with van der Waals surface area (Å²) < 4.78 is 0. The molecular weight excluding hydrogens is 272 g/mol. The highest BCUT2D eigenvalue weighted by Crippen LogP contribution is 2.32. The van der Waals surface area contributed by atoms with Crippen LogP contribution in [0.5, 0.6) is 0 Å². The van der Waals surface area contributed by atoms with Crippen LogP contribution in [0, 0.1) is 0 Å². The first-order chi connectivity index (χ1) is 10.1. The Morgan fingerprint density at radius 1 is 1.19 bits per heavy atom. The number of hydrogen-bond donors (Lipinski definition) is 1. The summed E-state index contributed by atoms with van der Waals surface area (Å²) in [6.07, 6.45) is 1.23. The van der Waals surface area contributed by atoms with Gasteiger partial charge in [0.05, 0.1) is 12.5 Å². The van der Waals surface area contributed by atoms with E-state index in [0.29, 0.717) is 24.9 Å². The van der Waals surface area contributed by atoms with Crippen LogP contribution >= 0.6 is 0 Å². The van der Waals surface area contributed by atoms with Crippen molar-refractivity contribution in [1.82, 2.24) is 9.80 Å². The Morgan fingerprint density at radius 3 is 2.57 bits per heavy atom. The minimum atomic E-state index is -0.918. The Balaban J connectivity index is 1.82. The lowest BCUT2D eigenvalue weighted by molar-refractivity contribution is -0.138. The van der Waals surface area contributed by atoms with Gasteiger partial charge in [-0.25, -0.2) is 4.79 Å². The molecule has 3 rings (SSSR count). The van der Waals surface area contributed by atoms with E-state index in [9.17, 15) is 14.4 Å². The summed E-state index contributed by atoms with van der Waals surface area (Å²) >= 11 is 0. The number of carboxylic acids is 1. The van der Waals surface area contributed by atoms with E-state index in [0.717, 1.165) is 0 Å². The zero-order valence-corrected chi connectivity index (χ0v) is 11.4. The largest absolute Gasteiger partial charge is 0.481 e. The fourth-order valence-corrected chi connectivity index (χ4v) is 3.13. The number of carbonyl (C=O) groups is 3. The quantitative estimate of drug-likeness (QED) is 0.915. The van der Waals surface area contributed by atoms with Crippen molar-refractivity contribution >= 4 is 17.9 Å². The minimum absolute atomic E-state index is 0.0637. The summed E-state index contributed by atoms with van der Waals surface area (Å²) in [5, 5.41) is 8.91. The van der Waals surface area contributed by atoms with Crippen LogP contribution in [0.1, 0.15) is 29.6 Å². The first-order valence-corrected chi connectivity index (χ1v) is 6.99. The molecule has 2 aliphatic heterocycles. The number of imide groups is 1. The molecule has 2 saturated heterocycles. The van der Waals surface area contributed by atoms with Crippen LogP contribution < -0.4 is 0 Å². The van der Waals surface area contributed by atoms with Gasteiger partial charge in [-0.3, -0.25) is 14.5 Å². The molecular formula is C15H16N2O4. The predicted octanol–water partition coefficient (Wildman–Crippen LogP) is 1.57. The molecule has 21 heavy (non-hydrogen) atoms. The van der Waals surface area contributed by atoms with Crippen molar-refractivity contribution < 1.29 is 19.5 Å². The summed E-state index contributed by atoms with van der Waals surface area (Å²) in [6, 6.07) is 7.88. The van der Waals surface area contributed by atoms with Gasteiger partial charge in [-0.15, -0.1) is 0 Å². The molecule has 0 aliphatic carbocycles. The molecule has 2 bridgehead atoms. The van der Waals surface area contributed by atoms with Gasteiger partial charge in [0.1, 0.15) is 0 Å². The van der Waals surface area contributed by atoms with Crippen molar-refractivity contribution in [2.75, 3.05) is 6.54 Å². The third kappa shape index (κ3) is 2.37. The van der Waals surface area contributed by atoms with E-state index in [1.807, 2.05) is 6.07 Å². The third-order valence-electron chi connectivity index (χ3n) is 4.15. The number of piperidine rings is 1. The van der Waals surface area contributed by atoms with Crippen molar-refractivity contribution in [3.63, 3.8) is 0 Å². The molecule has 110 valence electrons. The molecule has 2 aliphatic rings. The molecule has 0 saturated carbocycles. The molecule has 3 amide bonds. The molecule has 2 fully saturated rings. The fourth-order valence-electron chi connectivity index (χ4n) is 3.13. The first-order valence-electron chi connectivity index (χ1n) is 6.99. The van der Waals surface area contributed by atoms with Gasteiger partial charge in [0, 0.05) is 18.2 Å². The van der Waals surface area contributed by atoms with Crippen LogP contribution in [0.25, 0.3) is 0 Å². The smallest absolute Gasteiger partial charge is 0.327 e. The normalized spacial score (nSPS) is 24.3. The molecule has 0 spiro atoms. The Labute approximate surface area is 122 Å². The monoisotopic (exact) mass is 288 g/mol. The summed E-state index contributed by atoms with van der Waals surface area (Å²) in [5.74, 6) is -1.22. The molecule has 6 nitrogen and oxygen atoms in total. The van der Waals surface area contributed by atoms with Gasteiger partial charge in [-0.2, -0.15) is 0 Å². The maximum absolute atomic E-state index is 12.5. The molecule has 0 aromatic heterocycles. The van der Waals surface area contributed by atoms with Gasteiger partial charge >= 0.3 is 12.0 Å². The second-order valence-electron chi connectivity index (χ2n) is 5.46. The molecule has 0 radical (unpaired) electrons. The number of carboxylic acid groups (broad SMARTS) is 1. The van der Waals surface area contributed by atoms with Crippen LogP contribution in [0.3, 0.4) is 0 Å². The zero-order valence-electron chi connectivity index (χ0n) is 11.4. The summed E-state index contributed by atoms with van der Waals surface area (Å²) in [6.45, 7) is 0.440. The second-order valence-corrected chi connectivity index (χ2v) is 5.46.